The molecule has 2 heterocycles. The van der Waals surface area contributed by atoms with Gasteiger partial charge in [0.1, 0.15) is 0 Å². The zero-order chi connectivity index (χ0) is 17.8. The Morgan fingerprint density at radius 2 is 2.28 bits per heavy atom. The number of likely N-dealkylation sites (tertiary alicyclic amines) is 1. The van der Waals surface area contributed by atoms with E-state index in [4.69, 9.17) is 0 Å². The molecule has 1 atom stereocenters. The van der Waals surface area contributed by atoms with E-state index in [0.29, 0.717) is 18.1 Å². The number of amides is 2. The molecule has 2 aromatic rings. The van der Waals surface area contributed by atoms with E-state index in [1.54, 1.807) is 4.90 Å². The van der Waals surface area contributed by atoms with E-state index >= 15 is 0 Å². The SMILES string of the molecule is CCC(=O)N1CCCC(C(=O)Nc2nc(-c3cccc(Br)c3)cs2)C1. The molecule has 1 aromatic carbocycles. The fourth-order valence-corrected chi connectivity index (χ4v) is 4.08. The van der Waals surface area contributed by atoms with E-state index in [0.717, 1.165) is 35.1 Å². The third-order valence-corrected chi connectivity index (χ3v) is 5.55. The van der Waals surface area contributed by atoms with Gasteiger partial charge in [0.25, 0.3) is 0 Å². The maximum atomic E-state index is 12.5. The summed E-state index contributed by atoms with van der Waals surface area (Å²) in [6, 6.07) is 7.90. The first kappa shape index (κ1) is 18.1. The quantitative estimate of drug-likeness (QED) is 0.805. The molecule has 5 nitrogen and oxygen atoms in total. The maximum Gasteiger partial charge on any atom is 0.231 e. The Morgan fingerprint density at radius 1 is 1.44 bits per heavy atom. The van der Waals surface area contributed by atoms with Crippen molar-refractivity contribution in [3.05, 3.63) is 34.1 Å². The topological polar surface area (TPSA) is 62.3 Å². The van der Waals surface area contributed by atoms with Crippen LogP contribution >= 0.6 is 27.3 Å². The van der Waals surface area contributed by atoms with Crippen LogP contribution in [-0.2, 0) is 9.59 Å². The molecule has 1 saturated heterocycles. The zero-order valence-corrected chi connectivity index (χ0v) is 16.4. The van der Waals surface area contributed by atoms with Crippen molar-refractivity contribution in [2.45, 2.75) is 26.2 Å². The molecule has 0 radical (unpaired) electrons. The first-order chi connectivity index (χ1) is 12.1. The first-order valence-corrected chi connectivity index (χ1v) is 10.0. The molecule has 7 heteroatoms. The summed E-state index contributed by atoms with van der Waals surface area (Å²) < 4.78 is 0.992. The van der Waals surface area contributed by atoms with Crippen molar-refractivity contribution in [3.8, 4) is 11.3 Å². The second-order valence-corrected chi connectivity index (χ2v) is 7.84. The predicted molar refractivity (Wildman–Crippen MR) is 103 cm³/mol. The van der Waals surface area contributed by atoms with Gasteiger partial charge >= 0.3 is 0 Å². The summed E-state index contributed by atoms with van der Waals surface area (Å²) in [6.07, 6.45) is 2.16. The molecule has 1 fully saturated rings. The zero-order valence-electron chi connectivity index (χ0n) is 14.0. The standard InChI is InChI=1S/C18H20BrN3O2S/c1-2-16(23)22-8-4-6-13(10-22)17(24)21-18-20-15(11-25-18)12-5-3-7-14(19)9-12/h3,5,7,9,11,13H,2,4,6,8,10H2,1H3,(H,20,21,24). The van der Waals surface area contributed by atoms with E-state index in [-0.39, 0.29) is 17.7 Å². The van der Waals surface area contributed by atoms with E-state index in [9.17, 15) is 9.59 Å². The largest absolute Gasteiger partial charge is 0.342 e. The Bertz CT molecular complexity index is 777. The smallest absolute Gasteiger partial charge is 0.231 e. The molecule has 0 bridgehead atoms. The minimum absolute atomic E-state index is 0.0521. The molecule has 132 valence electrons. The van der Waals surface area contributed by atoms with Gasteiger partial charge in [-0.2, -0.15) is 0 Å². The molecule has 1 aliphatic heterocycles. The minimum Gasteiger partial charge on any atom is -0.342 e. The van der Waals surface area contributed by atoms with E-state index in [1.807, 2.05) is 36.6 Å². The van der Waals surface area contributed by atoms with Crippen LogP contribution < -0.4 is 5.32 Å². The summed E-state index contributed by atoms with van der Waals surface area (Å²) in [7, 11) is 0. The van der Waals surface area contributed by atoms with E-state index in [1.165, 1.54) is 11.3 Å². The van der Waals surface area contributed by atoms with Gasteiger partial charge in [0.2, 0.25) is 11.8 Å². The number of carbonyl (C=O) groups excluding carboxylic acids is 2. The molecule has 25 heavy (non-hydrogen) atoms. The van der Waals surface area contributed by atoms with Crippen LogP contribution in [0.25, 0.3) is 11.3 Å². The highest BCUT2D eigenvalue weighted by molar-refractivity contribution is 9.10. The van der Waals surface area contributed by atoms with Gasteiger partial charge in [0.05, 0.1) is 11.6 Å². The molecular formula is C18H20BrN3O2S. The summed E-state index contributed by atoms with van der Waals surface area (Å²) in [5.41, 5.74) is 1.84. The van der Waals surface area contributed by atoms with Crippen LogP contribution in [0.2, 0.25) is 0 Å². The number of nitrogens with zero attached hydrogens (tertiary/aromatic N) is 2. The average molecular weight is 422 g/mol. The number of rotatable bonds is 4. The molecule has 0 spiro atoms. The van der Waals surface area contributed by atoms with Crippen molar-refractivity contribution >= 4 is 44.2 Å². The number of nitrogens with one attached hydrogen (secondary N) is 1. The number of carbonyl (C=O) groups is 2. The lowest BCUT2D eigenvalue weighted by molar-refractivity contribution is -0.134. The molecule has 1 aromatic heterocycles. The lowest BCUT2D eigenvalue weighted by Gasteiger charge is -2.31. The highest BCUT2D eigenvalue weighted by atomic mass is 79.9. The van der Waals surface area contributed by atoms with Crippen LogP contribution in [0.15, 0.2) is 34.1 Å². The monoisotopic (exact) mass is 421 g/mol. The van der Waals surface area contributed by atoms with Crippen LogP contribution in [0.1, 0.15) is 26.2 Å². The lowest BCUT2D eigenvalue weighted by Crippen LogP contribution is -2.43. The van der Waals surface area contributed by atoms with Crippen LogP contribution in [0.3, 0.4) is 0 Å². The van der Waals surface area contributed by atoms with Gasteiger partial charge in [0, 0.05) is 34.9 Å². The van der Waals surface area contributed by atoms with Gasteiger partial charge in [-0.15, -0.1) is 11.3 Å². The molecule has 0 aliphatic carbocycles. The Morgan fingerprint density at radius 3 is 3.04 bits per heavy atom. The average Bonchev–Trinajstić information content (AvgIpc) is 3.09. The third kappa shape index (κ3) is 4.46. The summed E-state index contributed by atoms with van der Waals surface area (Å²) in [4.78, 5) is 30.7. The van der Waals surface area contributed by atoms with E-state index in [2.05, 4.69) is 26.2 Å². The number of halogens is 1. The molecule has 1 unspecified atom stereocenters. The minimum atomic E-state index is -0.164. The second kappa shape index (κ2) is 8.10. The Kier molecular flexibility index (Phi) is 5.86. The van der Waals surface area contributed by atoms with Crippen molar-refractivity contribution in [2.24, 2.45) is 5.92 Å². The molecule has 1 aliphatic rings. The second-order valence-electron chi connectivity index (χ2n) is 6.07. The molecule has 2 amide bonds. The van der Waals surface area contributed by atoms with Crippen molar-refractivity contribution in [1.82, 2.24) is 9.88 Å². The number of hydrogen-bond donors (Lipinski definition) is 1. The number of aromatic nitrogens is 1. The predicted octanol–water partition coefficient (Wildman–Crippen LogP) is 4.16. The Hall–Kier alpha value is -1.73. The molecule has 0 saturated carbocycles. The first-order valence-electron chi connectivity index (χ1n) is 8.37. The van der Waals surface area contributed by atoms with Crippen molar-refractivity contribution in [2.75, 3.05) is 18.4 Å². The van der Waals surface area contributed by atoms with Crippen LogP contribution in [-0.4, -0.2) is 34.8 Å². The van der Waals surface area contributed by atoms with Gasteiger partial charge < -0.3 is 10.2 Å². The van der Waals surface area contributed by atoms with Crippen molar-refractivity contribution in [1.29, 1.82) is 0 Å². The number of benzene rings is 1. The Labute approximate surface area is 159 Å². The number of piperidine rings is 1. The van der Waals surface area contributed by atoms with Crippen LogP contribution in [0, 0.1) is 5.92 Å². The number of thiazole rings is 1. The fraction of sp³-hybridized carbons (Fsp3) is 0.389. The van der Waals surface area contributed by atoms with Crippen LogP contribution in [0.5, 0.6) is 0 Å². The summed E-state index contributed by atoms with van der Waals surface area (Å²) in [5, 5.41) is 5.44. The summed E-state index contributed by atoms with van der Waals surface area (Å²) >= 11 is 4.87. The van der Waals surface area contributed by atoms with Gasteiger partial charge in [0.15, 0.2) is 5.13 Å². The van der Waals surface area contributed by atoms with Crippen molar-refractivity contribution in [3.63, 3.8) is 0 Å². The highest BCUT2D eigenvalue weighted by Crippen LogP contribution is 2.27. The van der Waals surface area contributed by atoms with Gasteiger partial charge in [-0.3, -0.25) is 9.59 Å². The van der Waals surface area contributed by atoms with Crippen LogP contribution in [0.4, 0.5) is 5.13 Å². The summed E-state index contributed by atoms with van der Waals surface area (Å²) in [6.45, 7) is 3.11. The number of anilines is 1. The summed E-state index contributed by atoms with van der Waals surface area (Å²) in [5.74, 6) is -0.102. The highest BCUT2D eigenvalue weighted by Gasteiger charge is 2.28. The maximum absolute atomic E-state index is 12.5. The molecule has 3 rings (SSSR count). The Balaban J connectivity index is 1.64. The molecular weight excluding hydrogens is 402 g/mol. The van der Waals surface area contributed by atoms with Gasteiger partial charge in [-0.05, 0) is 25.0 Å². The number of hydrogen-bond acceptors (Lipinski definition) is 4. The van der Waals surface area contributed by atoms with Gasteiger partial charge in [-0.1, -0.05) is 35.0 Å². The van der Waals surface area contributed by atoms with Gasteiger partial charge in [-0.25, -0.2) is 4.98 Å². The third-order valence-electron chi connectivity index (χ3n) is 4.30. The lowest BCUT2D eigenvalue weighted by atomic mass is 9.97. The van der Waals surface area contributed by atoms with E-state index < -0.39 is 0 Å². The van der Waals surface area contributed by atoms with Crippen molar-refractivity contribution < 1.29 is 9.59 Å². The fourth-order valence-electron chi connectivity index (χ4n) is 2.96. The molecule has 1 N–H and O–H groups in total. The normalized spacial score (nSPS) is 17.4.